The van der Waals surface area contributed by atoms with Gasteiger partial charge < -0.3 is 4.74 Å². The van der Waals surface area contributed by atoms with Crippen molar-refractivity contribution >= 4 is 21.9 Å². The Morgan fingerprint density at radius 1 is 1.16 bits per heavy atom. The summed E-state index contributed by atoms with van der Waals surface area (Å²) in [5.41, 5.74) is 0.630. The fourth-order valence-corrected chi connectivity index (χ4v) is 1.64. The number of halogens is 6. The SMILES string of the molecule is O=C(OCCc1ccccc1Br)C(F)(F)C(F)(F)F. The van der Waals surface area contributed by atoms with Crippen LogP contribution in [-0.2, 0) is 16.0 Å². The zero-order valence-electron chi connectivity index (χ0n) is 9.31. The summed E-state index contributed by atoms with van der Waals surface area (Å²) < 4.78 is 65.2. The number of rotatable bonds is 4. The summed E-state index contributed by atoms with van der Waals surface area (Å²) in [6, 6.07) is 6.66. The number of ether oxygens (including phenoxy) is 1. The van der Waals surface area contributed by atoms with Crippen LogP contribution in [0.25, 0.3) is 0 Å². The van der Waals surface area contributed by atoms with Crippen molar-refractivity contribution < 1.29 is 31.5 Å². The van der Waals surface area contributed by atoms with E-state index in [0.29, 0.717) is 10.0 Å². The van der Waals surface area contributed by atoms with Crippen LogP contribution >= 0.6 is 15.9 Å². The van der Waals surface area contributed by atoms with Crippen molar-refractivity contribution in [2.75, 3.05) is 6.61 Å². The van der Waals surface area contributed by atoms with Gasteiger partial charge in [0.15, 0.2) is 0 Å². The highest BCUT2D eigenvalue weighted by Gasteiger charge is 2.64. The molecule has 0 saturated heterocycles. The number of alkyl halides is 5. The molecule has 0 amide bonds. The van der Waals surface area contributed by atoms with Gasteiger partial charge in [0, 0.05) is 10.9 Å². The predicted molar refractivity (Wildman–Crippen MR) is 59.8 cm³/mol. The molecule has 1 rings (SSSR count). The summed E-state index contributed by atoms with van der Waals surface area (Å²) in [4.78, 5) is 10.7. The highest BCUT2D eigenvalue weighted by Crippen LogP contribution is 2.36. The standard InChI is InChI=1S/C11H8BrF5O2/c12-8-4-2-1-3-7(8)5-6-19-9(18)10(13,14)11(15,16)17/h1-4H,5-6H2. The Balaban J connectivity index is 2.55. The van der Waals surface area contributed by atoms with Crippen molar-refractivity contribution in [3.63, 3.8) is 0 Å². The van der Waals surface area contributed by atoms with E-state index in [4.69, 9.17) is 0 Å². The number of hydrogen-bond donors (Lipinski definition) is 0. The molecule has 1 aromatic carbocycles. The lowest BCUT2D eigenvalue weighted by Gasteiger charge is -2.17. The lowest BCUT2D eigenvalue weighted by molar-refractivity contribution is -0.280. The summed E-state index contributed by atoms with van der Waals surface area (Å²) in [5, 5.41) is 0. The van der Waals surface area contributed by atoms with Crippen LogP contribution in [0.2, 0.25) is 0 Å². The largest absolute Gasteiger partial charge is 0.465 e. The average Bonchev–Trinajstić information content (AvgIpc) is 2.30. The molecule has 0 fully saturated rings. The van der Waals surface area contributed by atoms with Gasteiger partial charge in [-0.15, -0.1) is 0 Å². The minimum atomic E-state index is -5.95. The first-order valence-corrected chi connectivity index (χ1v) is 5.80. The molecule has 0 spiro atoms. The van der Waals surface area contributed by atoms with Crippen molar-refractivity contribution in [3.8, 4) is 0 Å². The van der Waals surface area contributed by atoms with Gasteiger partial charge >= 0.3 is 18.1 Å². The van der Waals surface area contributed by atoms with Gasteiger partial charge in [0.25, 0.3) is 0 Å². The van der Waals surface area contributed by atoms with Gasteiger partial charge in [-0.1, -0.05) is 34.1 Å². The van der Waals surface area contributed by atoms with Crippen LogP contribution in [0.5, 0.6) is 0 Å². The second-order valence-corrected chi connectivity index (χ2v) is 4.40. The van der Waals surface area contributed by atoms with E-state index >= 15 is 0 Å². The second kappa shape index (κ2) is 5.85. The van der Waals surface area contributed by atoms with E-state index in [9.17, 15) is 26.7 Å². The molecule has 19 heavy (non-hydrogen) atoms. The van der Waals surface area contributed by atoms with Gasteiger partial charge in [-0.3, -0.25) is 0 Å². The van der Waals surface area contributed by atoms with Gasteiger partial charge in [0.2, 0.25) is 0 Å². The summed E-state index contributed by atoms with van der Waals surface area (Å²) >= 11 is 3.17. The van der Waals surface area contributed by atoms with Gasteiger partial charge in [-0.25, -0.2) is 4.79 Å². The molecule has 0 saturated carbocycles. The van der Waals surface area contributed by atoms with Crippen LogP contribution in [0.3, 0.4) is 0 Å². The fourth-order valence-electron chi connectivity index (χ4n) is 1.16. The van der Waals surface area contributed by atoms with Gasteiger partial charge in [0.1, 0.15) is 0 Å². The molecule has 0 atom stereocenters. The van der Waals surface area contributed by atoms with Crippen molar-refractivity contribution in [2.45, 2.75) is 18.5 Å². The highest BCUT2D eigenvalue weighted by atomic mass is 79.9. The first kappa shape index (κ1) is 15.9. The smallest absolute Gasteiger partial charge is 0.461 e. The van der Waals surface area contributed by atoms with E-state index in [1.807, 2.05) is 0 Å². The normalized spacial score (nSPS) is 12.3. The zero-order chi connectivity index (χ0) is 14.7. The van der Waals surface area contributed by atoms with E-state index < -0.39 is 24.7 Å². The van der Waals surface area contributed by atoms with Crippen LogP contribution in [-0.4, -0.2) is 24.7 Å². The maximum absolute atomic E-state index is 12.5. The Morgan fingerprint density at radius 3 is 2.26 bits per heavy atom. The molecule has 0 aliphatic carbocycles. The quantitative estimate of drug-likeness (QED) is 0.613. The van der Waals surface area contributed by atoms with Crippen molar-refractivity contribution in [1.29, 1.82) is 0 Å². The number of hydrogen-bond acceptors (Lipinski definition) is 2. The van der Waals surface area contributed by atoms with E-state index in [0.717, 1.165) is 0 Å². The first-order valence-electron chi connectivity index (χ1n) is 5.01. The molecule has 1 aromatic rings. The Morgan fingerprint density at radius 2 is 1.74 bits per heavy atom. The predicted octanol–water partition coefficient (Wildman–Crippen LogP) is 3.73. The maximum Gasteiger partial charge on any atom is 0.465 e. The third kappa shape index (κ3) is 3.89. The molecule has 0 bridgehead atoms. The summed E-state index contributed by atoms with van der Waals surface area (Å²) in [5.74, 6) is -8.08. The van der Waals surface area contributed by atoms with Gasteiger partial charge in [0.05, 0.1) is 6.61 Å². The highest BCUT2D eigenvalue weighted by molar-refractivity contribution is 9.10. The molecule has 0 radical (unpaired) electrons. The molecule has 8 heteroatoms. The molecule has 0 N–H and O–H groups in total. The molecule has 106 valence electrons. The van der Waals surface area contributed by atoms with Gasteiger partial charge in [-0.2, -0.15) is 22.0 Å². The van der Waals surface area contributed by atoms with Crippen LogP contribution in [0.4, 0.5) is 22.0 Å². The Bertz CT molecular complexity index is 459. The molecule has 0 unspecified atom stereocenters. The topological polar surface area (TPSA) is 26.3 Å². The molecule has 0 aromatic heterocycles. The van der Waals surface area contributed by atoms with Crippen molar-refractivity contribution in [3.05, 3.63) is 34.3 Å². The Hall–Kier alpha value is -1.18. The zero-order valence-corrected chi connectivity index (χ0v) is 10.9. The van der Waals surface area contributed by atoms with Crippen LogP contribution < -0.4 is 0 Å². The van der Waals surface area contributed by atoms with Crippen molar-refractivity contribution in [2.24, 2.45) is 0 Å². The first-order chi connectivity index (χ1) is 8.66. The summed E-state index contributed by atoms with van der Waals surface area (Å²) in [6.45, 7) is -0.562. The molecule has 0 aliphatic rings. The maximum atomic E-state index is 12.5. The van der Waals surface area contributed by atoms with Crippen LogP contribution in [0, 0.1) is 0 Å². The number of carbonyl (C=O) groups is 1. The van der Waals surface area contributed by atoms with Crippen molar-refractivity contribution in [1.82, 2.24) is 0 Å². The lowest BCUT2D eigenvalue weighted by Crippen LogP contribution is -2.45. The van der Waals surface area contributed by atoms with E-state index in [-0.39, 0.29) is 6.42 Å². The molecule has 0 aliphatic heterocycles. The molecule has 2 nitrogen and oxygen atoms in total. The van der Waals surface area contributed by atoms with Crippen LogP contribution in [0.1, 0.15) is 5.56 Å². The van der Waals surface area contributed by atoms with Gasteiger partial charge in [-0.05, 0) is 11.6 Å². The van der Waals surface area contributed by atoms with E-state index in [1.165, 1.54) is 0 Å². The second-order valence-electron chi connectivity index (χ2n) is 3.55. The number of benzene rings is 1. The monoisotopic (exact) mass is 346 g/mol. The summed E-state index contributed by atoms with van der Waals surface area (Å²) in [7, 11) is 0. The fraction of sp³-hybridized carbons (Fsp3) is 0.364. The number of esters is 1. The third-order valence-corrected chi connectivity index (χ3v) is 2.95. The van der Waals surface area contributed by atoms with Crippen LogP contribution in [0.15, 0.2) is 28.7 Å². The molecular weight excluding hydrogens is 339 g/mol. The summed E-state index contributed by atoms with van der Waals surface area (Å²) in [6.07, 6.45) is -5.92. The minimum Gasteiger partial charge on any atom is -0.461 e. The third-order valence-electron chi connectivity index (χ3n) is 2.17. The number of carbonyl (C=O) groups excluding carboxylic acids is 1. The Kier molecular flexibility index (Phi) is 4.89. The van der Waals surface area contributed by atoms with E-state index in [2.05, 4.69) is 20.7 Å². The molecular formula is C11H8BrF5O2. The lowest BCUT2D eigenvalue weighted by atomic mass is 10.2. The Labute approximate surface area is 113 Å². The molecule has 0 heterocycles. The van der Waals surface area contributed by atoms with E-state index in [1.54, 1.807) is 24.3 Å². The average molecular weight is 347 g/mol. The minimum absolute atomic E-state index is 0.0289.